The lowest BCUT2D eigenvalue weighted by Gasteiger charge is -2.01. The molecule has 0 saturated carbocycles. The van der Waals surface area contributed by atoms with Crippen LogP contribution in [0.1, 0.15) is 26.3 Å². The van der Waals surface area contributed by atoms with Gasteiger partial charge in [0.25, 0.3) is 0 Å². The van der Waals surface area contributed by atoms with Crippen molar-refractivity contribution in [2.75, 3.05) is 0 Å². The number of aryl methyl sites for hydroxylation is 1. The highest BCUT2D eigenvalue weighted by Crippen LogP contribution is 2.13. The Morgan fingerprint density at radius 1 is 1.54 bits per heavy atom. The van der Waals surface area contributed by atoms with Crippen LogP contribution < -0.4 is 0 Å². The van der Waals surface area contributed by atoms with Gasteiger partial charge in [-0.15, -0.1) is 0 Å². The first-order valence-electron chi connectivity index (χ1n) is 3.55. The van der Waals surface area contributed by atoms with Crippen LogP contribution in [0.5, 0.6) is 0 Å². The van der Waals surface area contributed by atoms with E-state index < -0.39 is 11.8 Å². The van der Waals surface area contributed by atoms with E-state index in [-0.39, 0.29) is 16.7 Å². The highest BCUT2D eigenvalue weighted by molar-refractivity contribution is 5.97. The highest BCUT2D eigenvalue weighted by Gasteiger charge is 2.12. The summed E-state index contributed by atoms with van der Waals surface area (Å²) in [6.07, 6.45) is 0.399. The molecule has 4 heteroatoms. The van der Waals surface area contributed by atoms with Crippen molar-refractivity contribution >= 4 is 12.3 Å². The van der Waals surface area contributed by atoms with Crippen molar-refractivity contribution < 1.29 is 19.1 Å². The summed E-state index contributed by atoms with van der Waals surface area (Å²) in [6, 6.07) is 2.06. The number of benzene rings is 1. The number of halogens is 1. The van der Waals surface area contributed by atoms with Gasteiger partial charge in [0.2, 0.25) is 0 Å². The van der Waals surface area contributed by atoms with Crippen molar-refractivity contribution in [3.05, 3.63) is 34.6 Å². The van der Waals surface area contributed by atoms with Crippen molar-refractivity contribution in [3.8, 4) is 0 Å². The fourth-order valence-electron chi connectivity index (χ4n) is 0.987. The molecule has 3 nitrogen and oxygen atoms in total. The molecule has 0 radical (unpaired) electrons. The topological polar surface area (TPSA) is 54.4 Å². The van der Waals surface area contributed by atoms with Gasteiger partial charge in [0.15, 0.2) is 6.29 Å². The van der Waals surface area contributed by atoms with Gasteiger partial charge in [-0.1, -0.05) is 0 Å². The third-order valence-corrected chi connectivity index (χ3v) is 1.69. The van der Waals surface area contributed by atoms with Crippen molar-refractivity contribution in [3.63, 3.8) is 0 Å². The second-order valence-electron chi connectivity index (χ2n) is 2.61. The number of carboxylic acids is 1. The minimum atomic E-state index is -1.30. The van der Waals surface area contributed by atoms with Crippen LogP contribution in [0.4, 0.5) is 4.39 Å². The van der Waals surface area contributed by atoms with Crippen LogP contribution in [0.3, 0.4) is 0 Å². The molecule has 0 spiro atoms. The molecule has 0 aromatic heterocycles. The van der Waals surface area contributed by atoms with Crippen LogP contribution in [-0.2, 0) is 0 Å². The molecule has 0 amide bonds. The molecule has 0 aliphatic heterocycles. The Balaban J connectivity index is 3.41. The Morgan fingerprint density at radius 2 is 2.15 bits per heavy atom. The number of carboxylic acid groups (broad SMARTS) is 1. The van der Waals surface area contributed by atoms with Gasteiger partial charge in [0, 0.05) is 5.56 Å². The second-order valence-corrected chi connectivity index (χ2v) is 2.61. The number of aromatic carboxylic acids is 1. The SMILES string of the molecule is Cc1cc(C=O)c(C(=O)O)cc1F. The lowest BCUT2D eigenvalue weighted by atomic mass is 10.1. The van der Waals surface area contributed by atoms with Crippen molar-refractivity contribution in [1.82, 2.24) is 0 Å². The minimum Gasteiger partial charge on any atom is -0.478 e. The van der Waals surface area contributed by atoms with E-state index in [0.29, 0.717) is 6.29 Å². The quantitative estimate of drug-likeness (QED) is 0.707. The monoisotopic (exact) mass is 182 g/mol. The summed E-state index contributed by atoms with van der Waals surface area (Å²) in [5.41, 5.74) is -0.0587. The first kappa shape index (κ1) is 9.38. The van der Waals surface area contributed by atoms with Gasteiger partial charge in [0.05, 0.1) is 5.56 Å². The third kappa shape index (κ3) is 1.72. The van der Waals surface area contributed by atoms with E-state index in [1.54, 1.807) is 0 Å². The Hall–Kier alpha value is -1.71. The summed E-state index contributed by atoms with van der Waals surface area (Å²) in [4.78, 5) is 20.9. The van der Waals surface area contributed by atoms with Crippen molar-refractivity contribution in [2.24, 2.45) is 0 Å². The maximum Gasteiger partial charge on any atom is 0.336 e. The van der Waals surface area contributed by atoms with E-state index in [9.17, 15) is 14.0 Å². The molecule has 0 unspecified atom stereocenters. The number of carbonyl (C=O) groups excluding carboxylic acids is 1. The average molecular weight is 182 g/mol. The summed E-state index contributed by atoms with van der Waals surface area (Å²) >= 11 is 0. The molecular weight excluding hydrogens is 175 g/mol. The normalized spacial score (nSPS) is 9.69. The number of carbonyl (C=O) groups is 2. The molecule has 0 fully saturated rings. The number of hydrogen-bond acceptors (Lipinski definition) is 2. The third-order valence-electron chi connectivity index (χ3n) is 1.69. The summed E-state index contributed by atoms with van der Waals surface area (Å²) in [7, 11) is 0. The lowest BCUT2D eigenvalue weighted by molar-refractivity contribution is 0.0693. The van der Waals surface area contributed by atoms with Crippen molar-refractivity contribution in [2.45, 2.75) is 6.92 Å². The van der Waals surface area contributed by atoms with Gasteiger partial charge in [0.1, 0.15) is 5.82 Å². The zero-order chi connectivity index (χ0) is 10.0. The predicted molar refractivity (Wildman–Crippen MR) is 43.5 cm³/mol. The maximum absolute atomic E-state index is 12.9. The van der Waals surface area contributed by atoms with Crippen LogP contribution in [0, 0.1) is 12.7 Å². The minimum absolute atomic E-state index is 0.00796. The van der Waals surface area contributed by atoms with E-state index in [4.69, 9.17) is 5.11 Å². The predicted octanol–water partition coefficient (Wildman–Crippen LogP) is 1.64. The number of hydrogen-bond donors (Lipinski definition) is 1. The fourth-order valence-corrected chi connectivity index (χ4v) is 0.987. The molecule has 1 rings (SSSR count). The maximum atomic E-state index is 12.9. The van der Waals surface area contributed by atoms with Crippen LogP contribution in [0.2, 0.25) is 0 Å². The highest BCUT2D eigenvalue weighted by atomic mass is 19.1. The van der Waals surface area contributed by atoms with E-state index in [1.165, 1.54) is 13.0 Å². The number of rotatable bonds is 2. The van der Waals surface area contributed by atoms with Gasteiger partial charge >= 0.3 is 5.97 Å². The van der Waals surface area contributed by atoms with Gasteiger partial charge in [-0.25, -0.2) is 9.18 Å². The summed E-state index contributed by atoms with van der Waals surface area (Å²) in [5, 5.41) is 8.59. The lowest BCUT2D eigenvalue weighted by Crippen LogP contribution is -2.03. The second kappa shape index (κ2) is 3.35. The molecule has 0 atom stereocenters. The van der Waals surface area contributed by atoms with Gasteiger partial charge < -0.3 is 5.11 Å². The zero-order valence-corrected chi connectivity index (χ0v) is 6.87. The van der Waals surface area contributed by atoms with Gasteiger partial charge in [-0.3, -0.25) is 4.79 Å². The first-order valence-corrected chi connectivity index (χ1v) is 3.55. The molecule has 0 heterocycles. The number of aldehydes is 1. The van der Waals surface area contributed by atoms with Gasteiger partial charge in [-0.05, 0) is 24.6 Å². The van der Waals surface area contributed by atoms with E-state index in [0.717, 1.165) is 6.07 Å². The smallest absolute Gasteiger partial charge is 0.336 e. The van der Waals surface area contributed by atoms with Gasteiger partial charge in [-0.2, -0.15) is 0 Å². The van der Waals surface area contributed by atoms with Crippen molar-refractivity contribution in [1.29, 1.82) is 0 Å². The molecule has 0 aliphatic rings. The molecule has 1 aromatic rings. The molecule has 1 aromatic carbocycles. The van der Waals surface area contributed by atoms with Crippen LogP contribution in [-0.4, -0.2) is 17.4 Å². The zero-order valence-electron chi connectivity index (χ0n) is 6.87. The summed E-state index contributed by atoms with van der Waals surface area (Å²) < 4.78 is 12.9. The molecule has 13 heavy (non-hydrogen) atoms. The molecule has 0 bridgehead atoms. The van der Waals surface area contributed by atoms with E-state index in [1.807, 2.05) is 0 Å². The molecule has 0 saturated heterocycles. The van der Waals surface area contributed by atoms with Crippen LogP contribution in [0.15, 0.2) is 12.1 Å². The Bertz CT molecular complexity index is 371. The Morgan fingerprint density at radius 3 is 2.62 bits per heavy atom. The first-order chi connectivity index (χ1) is 6.06. The summed E-state index contributed by atoms with van der Waals surface area (Å²) in [6.45, 7) is 1.47. The van der Waals surface area contributed by atoms with Crippen LogP contribution >= 0.6 is 0 Å². The largest absolute Gasteiger partial charge is 0.478 e. The molecule has 1 N–H and O–H groups in total. The Labute approximate surface area is 73.8 Å². The molecular formula is C9H7FO3. The Kier molecular flexibility index (Phi) is 2.41. The standard InChI is InChI=1S/C9H7FO3/c1-5-2-6(4-11)7(9(12)13)3-8(5)10/h2-4H,1H3,(H,12,13). The van der Waals surface area contributed by atoms with E-state index >= 15 is 0 Å². The molecule has 68 valence electrons. The van der Waals surface area contributed by atoms with Crippen LogP contribution in [0.25, 0.3) is 0 Å². The fraction of sp³-hybridized carbons (Fsp3) is 0.111. The molecule has 0 aliphatic carbocycles. The van der Waals surface area contributed by atoms with E-state index in [2.05, 4.69) is 0 Å². The average Bonchev–Trinajstić information content (AvgIpc) is 2.08. The summed E-state index contributed by atoms with van der Waals surface area (Å²) in [5.74, 6) is -1.93.